The van der Waals surface area contributed by atoms with E-state index in [1.165, 1.54) is 0 Å². The van der Waals surface area contributed by atoms with Crippen LogP contribution in [0.15, 0.2) is 18.2 Å². The highest BCUT2D eigenvalue weighted by atomic mass is 32.2. The van der Waals surface area contributed by atoms with Crippen molar-refractivity contribution >= 4 is 23.4 Å². The summed E-state index contributed by atoms with van der Waals surface area (Å²) in [5, 5.41) is 6.22. The van der Waals surface area contributed by atoms with Gasteiger partial charge in [-0.25, -0.2) is 0 Å². The Bertz CT molecular complexity index is 428. The lowest BCUT2D eigenvalue weighted by molar-refractivity contribution is 0.0935. The van der Waals surface area contributed by atoms with Crippen LogP contribution in [0, 0.1) is 6.92 Å². The number of nitrogens with one attached hydrogen (secondary N) is 2. The monoisotopic (exact) mass is 264 g/mol. The zero-order chi connectivity index (χ0) is 13.0. The molecule has 1 aliphatic rings. The van der Waals surface area contributed by atoms with Crippen molar-refractivity contribution in [3.63, 3.8) is 0 Å². The molecule has 1 saturated heterocycles. The van der Waals surface area contributed by atoms with Gasteiger partial charge in [-0.15, -0.1) is 0 Å². The first-order valence-electron chi connectivity index (χ1n) is 6.37. The lowest BCUT2D eigenvalue weighted by atomic mass is 10.1. The molecule has 0 bridgehead atoms. The van der Waals surface area contributed by atoms with E-state index >= 15 is 0 Å². The number of carbonyl (C=O) groups is 1. The van der Waals surface area contributed by atoms with Crippen LogP contribution in [0.5, 0.6) is 0 Å². The van der Waals surface area contributed by atoms with Crippen molar-refractivity contribution in [2.75, 3.05) is 23.9 Å². The number of rotatable bonds is 3. The summed E-state index contributed by atoms with van der Waals surface area (Å²) >= 11 is 1.97. The van der Waals surface area contributed by atoms with E-state index < -0.39 is 0 Å². The van der Waals surface area contributed by atoms with Crippen LogP contribution >= 0.6 is 11.8 Å². The second-order valence-corrected chi connectivity index (χ2v) is 5.88. The van der Waals surface area contributed by atoms with Crippen molar-refractivity contribution in [2.24, 2.45) is 0 Å². The fourth-order valence-corrected chi connectivity index (χ4v) is 3.28. The predicted octanol–water partition coefficient (Wildman–Crippen LogP) is 2.66. The minimum Gasteiger partial charge on any atom is -0.387 e. The lowest BCUT2D eigenvalue weighted by Gasteiger charge is -2.23. The Hall–Kier alpha value is -1.16. The molecular weight excluding hydrogens is 244 g/mol. The van der Waals surface area contributed by atoms with Gasteiger partial charge in [-0.1, -0.05) is 11.6 Å². The van der Waals surface area contributed by atoms with Crippen molar-refractivity contribution in [3.05, 3.63) is 29.3 Å². The molecule has 0 spiro atoms. The summed E-state index contributed by atoms with van der Waals surface area (Å²) in [6.45, 7) is 2.01. The quantitative estimate of drug-likeness (QED) is 0.882. The average Bonchev–Trinajstić information content (AvgIpc) is 2.40. The van der Waals surface area contributed by atoms with E-state index in [2.05, 4.69) is 10.6 Å². The molecule has 0 aliphatic carbocycles. The molecule has 0 aromatic heterocycles. The number of amides is 1. The smallest absolute Gasteiger partial charge is 0.253 e. The molecule has 0 unspecified atom stereocenters. The molecule has 18 heavy (non-hydrogen) atoms. The Labute approximate surface area is 113 Å². The van der Waals surface area contributed by atoms with Gasteiger partial charge in [0, 0.05) is 18.8 Å². The van der Waals surface area contributed by atoms with Gasteiger partial charge in [0.25, 0.3) is 5.91 Å². The Morgan fingerprint density at radius 2 is 2.06 bits per heavy atom. The van der Waals surface area contributed by atoms with Crippen LogP contribution < -0.4 is 10.6 Å². The fraction of sp³-hybridized carbons (Fsp3) is 0.500. The third kappa shape index (κ3) is 3.19. The molecule has 1 heterocycles. The minimum absolute atomic E-state index is 0.0416. The predicted molar refractivity (Wildman–Crippen MR) is 78.5 cm³/mol. The first-order valence-corrected chi connectivity index (χ1v) is 7.53. The molecule has 1 fully saturated rings. The topological polar surface area (TPSA) is 41.1 Å². The van der Waals surface area contributed by atoms with Crippen LogP contribution in [0.25, 0.3) is 0 Å². The second-order valence-electron chi connectivity index (χ2n) is 4.66. The second kappa shape index (κ2) is 6.14. The molecule has 0 saturated carbocycles. The maximum absolute atomic E-state index is 12.3. The van der Waals surface area contributed by atoms with Gasteiger partial charge in [-0.2, -0.15) is 11.8 Å². The standard InChI is InChI=1S/C14H20N2OS/c1-10-3-4-13(15-2)12(9-10)14(17)16-11-5-7-18-8-6-11/h3-4,9,11,15H,5-8H2,1-2H3,(H,16,17). The lowest BCUT2D eigenvalue weighted by Crippen LogP contribution is -2.37. The minimum atomic E-state index is 0.0416. The first kappa shape index (κ1) is 13.3. The molecule has 1 aromatic carbocycles. The van der Waals surface area contributed by atoms with Crippen molar-refractivity contribution in [1.29, 1.82) is 0 Å². The number of hydrogen-bond donors (Lipinski definition) is 2. The molecule has 1 aliphatic heterocycles. The van der Waals surface area contributed by atoms with Crippen LogP contribution in [0.3, 0.4) is 0 Å². The normalized spacial score (nSPS) is 16.3. The van der Waals surface area contributed by atoms with E-state index in [4.69, 9.17) is 0 Å². The van der Waals surface area contributed by atoms with E-state index in [9.17, 15) is 4.79 Å². The van der Waals surface area contributed by atoms with Crippen LogP contribution in [-0.4, -0.2) is 30.5 Å². The molecule has 3 nitrogen and oxygen atoms in total. The fourth-order valence-electron chi connectivity index (χ4n) is 2.17. The van der Waals surface area contributed by atoms with Gasteiger partial charge in [0.05, 0.1) is 5.56 Å². The van der Waals surface area contributed by atoms with E-state index in [0.717, 1.165) is 41.2 Å². The maximum Gasteiger partial charge on any atom is 0.253 e. The molecule has 1 aromatic rings. The SMILES string of the molecule is CNc1ccc(C)cc1C(=O)NC1CCSCC1. The highest BCUT2D eigenvalue weighted by Gasteiger charge is 2.18. The molecule has 0 radical (unpaired) electrons. The van der Waals surface area contributed by atoms with Gasteiger partial charge in [0.15, 0.2) is 0 Å². The number of aryl methyl sites for hydroxylation is 1. The van der Waals surface area contributed by atoms with Crippen LogP contribution in [0.1, 0.15) is 28.8 Å². The van der Waals surface area contributed by atoms with E-state index in [0.29, 0.717) is 6.04 Å². The maximum atomic E-state index is 12.3. The van der Waals surface area contributed by atoms with E-state index in [1.54, 1.807) is 0 Å². The Kier molecular flexibility index (Phi) is 4.53. The summed E-state index contributed by atoms with van der Waals surface area (Å²) in [4.78, 5) is 12.3. The van der Waals surface area contributed by atoms with Gasteiger partial charge in [0.1, 0.15) is 0 Å². The zero-order valence-electron chi connectivity index (χ0n) is 11.0. The zero-order valence-corrected chi connectivity index (χ0v) is 11.8. The third-order valence-electron chi connectivity index (χ3n) is 3.25. The number of carbonyl (C=O) groups excluding carboxylic acids is 1. The van der Waals surface area contributed by atoms with Gasteiger partial charge >= 0.3 is 0 Å². The summed E-state index contributed by atoms with van der Waals surface area (Å²) in [5.74, 6) is 2.34. The van der Waals surface area contributed by atoms with Crippen molar-refractivity contribution < 1.29 is 4.79 Å². The highest BCUT2D eigenvalue weighted by molar-refractivity contribution is 7.99. The molecule has 2 N–H and O–H groups in total. The van der Waals surface area contributed by atoms with Crippen LogP contribution in [0.2, 0.25) is 0 Å². The van der Waals surface area contributed by atoms with Gasteiger partial charge in [0.2, 0.25) is 0 Å². The molecular formula is C14H20N2OS. The Balaban J connectivity index is 2.09. The molecule has 4 heteroatoms. The molecule has 98 valence electrons. The number of hydrogen-bond acceptors (Lipinski definition) is 3. The van der Waals surface area contributed by atoms with Gasteiger partial charge in [-0.05, 0) is 43.4 Å². The number of benzene rings is 1. The van der Waals surface area contributed by atoms with Crippen molar-refractivity contribution in [3.8, 4) is 0 Å². The average molecular weight is 264 g/mol. The van der Waals surface area contributed by atoms with Crippen molar-refractivity contribution in [1.82, 2.24) is 5.32 Å². The summed E-state index contributed by atoms with van der Waals surface area (Å²) in [6, 6.07) is 6.25. The highest BCUT2D eigenvalue weighted by Crippen LogP contribution is 2.20. The van der Waals surface area contributed by atoms with Crippen molar-refractivity contribution in [2.45, 2.75) is 25.8 Å². The van der Waals surface area contributed by atoms with Crippen LogP contribution in [-0.2, 0) is 0 Å². The van der Waals surface area contributed by atoms with Gasteiger partial charge < -0.3 is 10.6 Å². The van der Waals surface area contributed by atoms with Crippen LogP contribution in [0.4, 0.5) is 5.69 Å². The molecule has 0 atom stereocenters. The summed E-state index contributed by atoms with van der Waals surface area (Å²) in [6.07, 6.45) is 2.16. The largest absolute Gasteiger partial charge is 0.387 e. The number of thioether (sulfide) groups is 1. The third-order valence-corrected chi connectivity index (χ3v) is 4.29. The molecule has 1 amide bonds. The van der Waals surface area contributed by atoms with E-state index in [1.807, 2.05) is 43.9 Å². The summed E-state index contributed by atoms with van der Waals surface area (Å²) < 4.78 is 0. The summed E-state index contributed by atoms with van der Waals surface area (Å²) in [5.41, 5.74) is 2.75. The molecule has 2 rings (SSSR count). The van der Waals surface area contributed by atoms with E-state index in [-0.39, 0.29) is 5.91 Å². The number of anilines is 1. The first-order chi connectivity index (χ1) is 8.70. The Morgan fingerprint density at radius 3 is 2.72 bits per heavy atom. The van der Waals surface area contributed by atoms with Gasteiger partial charge in [-0.3, -0.25) is 4.79 Å². The Morgan fingerprint density at radius 1 is 1.33 bits per heavy atom. The summed E-state index contributed by atoms with van der Waals surface area (Å²) in [7, 11) is 1.85.